The molecule has 1 saturated heterocycles. The number of hydrogen-bond donors (Lipinski definition) is 1. The number of rotatable bonds is 6. The standard InChI is InChI=1S/C19H30N2O3S/c1-20(2)25(23,24)13-7-12-21-14-16-8-6-11-19(22,18(16)15-21)17-9-4-3-5-10-17/h3-5,9-10,16,18,22H,6-8,11-15H2,1-2H3/t16-,18+,19+/m0/s1. The van der Waals surface area contributed by atoms with Gasteiger partial charge in [-0.2, -0.15) is 0 Å². The highest BCUT2D eigenvalue weighted by Gasteiger charge is 2.49. The molecule has 1 aromatic rings. The third kappa shape index (κ3) is 3.92. The van der Waals surface area contributed by atoms with E-state index >= 15 is 0 Å². The molecule has 3 rings (SSSR count). The van der Waals surface area contributed by atoms with Crippen LogP contribution in [-0.4, -0.2) is 62.2 Å². The Balaban J connectivity index is 1.64. The Kier molecular flexibility index (Phi) is 5.54. The number of likely N-dealkylation sites (tertiary alicyclic amines) is 1. The Morgan fingerprint density at radius 3 is 2.64 bits per heavy atom. The van der Waals surface area contributed by atoms with E-state index in [1.165, 1.54) is 4.31 Å². The Morgan fingerprint density at radius 2 is 1.96 bits per heavy atom. The molecule has 0 amide bonds. The molecule has 140 valence electrons. The van der Waals surface area contributed by atoms with Gasteiger partial charge in [0.25, 0.3) is 0 Å². The lowest BCUT2D eigenvalue weighted by Gasteiger charge is -2.41. The minimum Gasteiger partial charge on any atom is -0.385 e. The lowest BCUT2D eigenvalue weighted by molar-refractivity contribution is -0.0647. The van der Waals surface area contributed by atoms with Crippen molar-refractivity contribution in [2.45, 2.75) is 31.3 Å². The molecule has 0 unspecified atom stereocenters. The Bertz CT molecular complexity index is 677. The third-order valence-electron chi connectivity index (χ3n) is 5.97. The zero-order valence-corrected chi connectivity index (χ0v) is 16.1. The molecule has 5 nitrogen and oxygen atoms in total. The fourth-order valence-electron chi connectivity index (χ4n) is 4.53. The molecule has 3 atom stereocenters. The van der Waals surface area contributed by atoms with Crippen LogP contribution in [-0.2, 0) is 15.6 Å². The Labute approximate surface area is 151 Å². The van der Waals surface area contributed by atoms with Crippen molar-refractivity contribution in [2.24, 2.45) is 11.8 Å². The first kappa shape index (κ1) is 18.8. The summed E-state index contributed by atoms with van der Waals surface area (Å²) in [6, 6.07) is 10.0. The summed E-state index contributed by atoms with van der Waals surface area (Å²) in [6.07, 6.45) is 3.67. The minimum atomic E-state index is -3.12. The van der Waals surface area contributed by atoms with E-state index in [-0.39, 0.29) is 11.7 Å². The van der Waals surface area contributed by atoms with Crippen molar-refractivity contribution in [1.29, 1.82) is 0 Å². The molecular weight excluding hydrogens is 336 g/mol. The number of nitrogens with zero attached hydrogens (tertiary/aromatic N) is 2. The van der Waals surface area contributed by atoms with Crippen LogP contribution >= 0.6 is 0 Å². The average molecular weight is 367 g/mol. The monoisotopic (exact) mass is 366 g/mol. The van der Waals surface area contributed by atoms with Crippen LogP contribution in [0.4, 0.5) is 0 Å². The Hall–Kier alpha value is -0.950. The fraction of sp³-hybridized carbons (Fsp3) is 0.684. The van der Waals surface area contributed by atoms with Crippen molar-refractivity contribution in [3.05, 3.63) is 35.9 Å². The van der Waals surface area contributed by atoms with Crippen LogP contribution in [0.5, 0.6) is 0 Å². The molecule has 0 radical (unpaired) electrons. The molecular formula is C19H30N2O3S. The first-order chi connectivity index (χ1) is 11.8. The summed E-state index contributed by atoms with van der Waals surface area (Å²) in [6.45, 7) is 2.62. The van der Waals surface area contributed by atoms with Gasteiger partial charge in [-0.15, -0.1) is 0 Å². The van der Waals surface area contributed by atoms with E-state index in [2.05, 4.69) is 4.90 Å². The van der Waals surface area contributed by atoms with Gasteiger partial charge in [-0.05, 0) is 43.7 Å². The first-order valence-corrected chi connectivity index (χ1v) is 10.8. The summed E-state index contributed by atoms with van der Waals surface area (Å²) in [4.78, 5) is 2.35. The minimum absolute atomic E-state index is 0.189. The van der Waals surface area contributed by atoms with Gasteiger partial charge >= 0.3 is 0 Å². The molecule has 0 aromatic heterocycles. The maximum atomic E-state index is 11.9. The SMILES string of the molecule is CN(C)S(=O)(=O)CCCN1C[C@@H]2CCC[C@@](O)(c3ccccc3)[C@@H]2C1. The number of benzene rings is 1. The van der Waals surface area contributed by atoms with Crippen molar-refractivity contribution in [3.8, 4) is 0 Å². The van der Waals surface area contributed by atoms with E-state index in [1.54, 1.807) is 14.1 Å². The van der Waals surface area contributed by atoms with E-state index in [0.717, 1.165) is 44.5 Å². The summed E-state index contributed by atoms with van der Waals surface area (Å²) in [5, 5.41) is 11.4. The normalized spacial score (nSPS) is 30.6. The lowest BCUT2D eigenvalue weighted by Crippen LogP contribution is -2.42. The van der Waals surface area contributed by atoms with E-state index in [1.807, 2.05) is 30.3 Å². The van der Waals surface area contributed by atoms with Gasteiger partial charge in [0, 0.05) is 33.1 Å². The second kappa shape index (κ2) is 7.35. The molecule has 1 heterocycles. The third-order valence-corrected chi connectivity index (χ3v) is 7.89. The van der Waals surface area contributed by atoms with Crippen LogP contribution in [0, 0.1) is 11.8 Å². The molecule has 1 aliphatic heterocycles. The summed E-state index contributed by atoms with van der Waals surface area (Å²) < 4.78 is 25.1. The van der Waals surface area contributed by atoms with Crippen molar-refractivity contribution in [1.82, 2.24) is 9.21 Å². The molecule has 0 spiro atoms. The Morgan fingerprint density at radius 1 is 1.24 bits per heavy atom. The van der Waals surface area contributed by atoms with Gasteiger partial charge in [-0.3, -0.25) is 0 Å². The lowest BCUT2D eigenvalue weighted by atomic mass is 9.67. The van der Waals surface area contributed by atoms with Crippen molar-refractivity contribution in [3.63, 3.8) is 0 Å². The smallest absolute Gasteiger partial charge is 0.213 e. The molecule has 2 fully saturated rings. The number of aliphatic hydroxyl groups is 1. The largest absolute Gasteiger partial charge is 0.385 e. The molecule has 1 aromatic carbocycles. The molecule has 1 aliphatic carbocycles. The van der Waals surface area contributed by atoms with Crippen molar-refractivity contribution >= 4 is 10.0 Å². The van der Waals surface area contributed by atoms with Gasteiger partial charge in [0.05, 0.1) is 11.4 Å². The number of sulfonamides is 1. The highest BCUT2D eigenvalue weighted by Crippen LogP contribution is 2.48. The molecule has 2 aliphatic rings. The number of fused-ring (bicyclic) bond motifs is 1. The van der Waals surface area contributed by atoms with Crippen LogP contribution < -0.4 is 0 Å². The predicted octanol–water partition coefficient (Wildman–Crippen LogP) is 1.89. The average Bonchev–Trinajstić information content (AvgIpc) is 3.00. The maximum absolute atomic E-state index is 11.9. The van der Waals surface area contributed by atoms with Gasteiger partial charge in [-0.1, -0.05) is 30.3 Å². The number of hydrogen-bond acceptors (Lipinski definition) is 4. The van der Waals surface area contributed by atoms with Gasteiger partial charge in [-0.25, -0.2) is 12.7 Å². The zero-order chi connectivity index (χ0) is 18.1. The van der Waals surface area contributed by atoms with E-state index in [4.69, 9.17) is 0 Å². The summed E-state index contributed by atoms with van der Waals surface area (Å²) in [5.41, 5.74) is 0.288. The van der Waals surface area contributed by atoms with E-state index < -0.39 is 15.6 Å². The second-order valence-corrected chi connectivity index (χ2v) is 10.1. The fourth-order valence-corrected chi connectivity index (χ4v) is 5.39. The topological polar surface area (TPSA) is 60.9 Å². The molecule has 1 saturated carbocycles. The van der Waals surface area contributed by atoms with Gasteiger partial charge in [0.2, 0.25) is 10.0 Å². The predicted molar refractivity (Wildman–Crippen MR) is 99.7 cm³/mol. The van der Waals surface area contributed by atoms with Crippen molar-refractivity contribution < 1.29 is 13.5 Å². The first-order valence-electron chi connectivity index (χ1n) is 9.23. The van der Waals surface area contributed by atoms with Crippen LogP contribution in [0.2, 0.25) is 0 Å². The van der Waals surface area contributed by atoms with Crippen LogP contribution in [0.1, 0.15) is 31.2 Å². The summed E-state index contributed by atoms with van der Waals surface area (Å²) >= 11 is 0. The second-order valence-electron chi connectivity index (χ2n) is 7.76. The van der Waals surface area contributed by atoms with Crippen LogP contribution in [0.15, 0.2) is 30.3 Å². The maximum Gasteiger partial charge on any atom is 0.213 e. The molecule has 6 heteroatoms. The molecule has 1 N–H and O–H groups in total. The zero-order valence-electron chi connectivity index (χ0n) is 15.3. The van der Waals surface area contributed by atoms with Gasteiger partial charge in [0.1, 0.15) is 0 Å². The van der Waals surface area contributed by atoms with Gasteiger partial charge < -0.3 is 10.0 Å². The summed E-state index contributed by atoms with van der Waals surface area (Å²) in [7, 11) is 0.0418. The van der Waals surface area contributed by atoms with Crippen molar-refractivity contribution in [2.75, 3.05) is 39.5 Å². The highest BCUT2D eigenvalue weighted by atomic mass is 32.2. The van der Waals surface area contributed by atoms with Crippen LogP contribution in [0.3, 0.4) is 0 Å². The highest BCUT2D eigenvalue weighted by molar-refractivity contribution is 7.89. The van der Waals surface area contributed by atoms with Crippen LogP contribution in [0.25, 0.3) is 0 Å². The summed E-state index contributed by atoms with van der Waals surface area (Å²) in [5.74, 6) is 0.938. The quantitative estimate of drug-likeness (QED) is 0.835. The van der Waals surface area contributed by atoms with E-state index in [0.29, 0.717) is 12.3 Å². The van der Waals surface area contributed by atoms with Gasteiger partial charge in [0.15, 0.2) is 0 Å². The molecule has 25 heavy (non-hydrogen) atoms. The van der Waals surface area contributed by atoms with E-state index in [9.17, 15) is 13.5 Å². The molecule has 0 bridgehead atoms.